The van der Waals surface area contributed by atoms with Gasteiger partial charge < -0.3 is 0 Å². The van der Waals surface area contributed by atoms with Crippen LogP contribution in [0.15, 0.2) is 46.7 Å². The quantitative estimate of drug-likeness (QED) is 0.758. The highest BCUT2D eigenvalue weighted by molar-refractivity contribution is 6.31. The number of hydrogen-bond donors (Lipinski definition) is 0. The van der Waals surface area contributed by atoms with Crippen LogP contribution in [0.4, 0.5) is 11.4 Å². The lowest BCUT2D eigenvalue weighted by Crippen LogP contribution is -2.40. The van der Waals surface area contributed by atoms with Crippen LogP contribution < -0.4 is 9.91 Å². The summed E-state index contributed by atoms with van der Waals surface area (Å²) >= 11 is 6.20. The summed E-state index contributed by atoms with van der Waals surface area (Å²) in [7, 11) is 0. The summed E-state index contributed by atoms with van der Waals surface area (Å²) in [5, 5.41) is 10.2. The van der Waals surface area contributed by atoms with E-state index < -0.39 is 12.1 Å². The molecule has 2 aliphatic rings. The molecule has 4 rings (SSSR count). The molecule has 7 heteroatoms. The number of imide groups is 1. The number of aryl methyl sites for hydroxylation is 3. The van der Waals surface area contributed by atoms with Crippen molar-refractivity contribution in [2.75, 3.05) is 9.91 Å². The summed E-state index contributed by atoms with van der Waals surface area (Å²) in [6.45, 7) is 5.76. The van der Waals surface area contributed by atoms with Gasteiger partial charge in [0.15, 0.2) is 12.1 Å². The third-order valence-corrected chi connectivity index (χ3v) is 5.07. The van der Waals surface area contributed by atoms with Crippen molar-refractivity contribution in [3.63, 3.8) is 0 Å². The molecule has 0 aromatic heterocycles. The molecule has 6 nitrogen and oxygen atoms in total. The summed E-state index contributed by atoms with van der Waals surface area (Å²) in [6.07, 6.45) is 0. The molecule has 2 aliphatic heterocycles. The molecule has 1 saturated heterocycles. The van der Waals surface area contributed by atoms with Crippen LogP contribution in [0.3, 0.4) is 0 Å². The van der Waals surface area contributed by atoms with Gasteiger partial charge in [-0.05, 0) is 61.7 Å². The van der Waals surface area contributed by atoms with Gasteiger partial charge in [-0.2, -0.15) is 5.11 Å². The maximum absolute atomic E-state index is 13.1. The second kappa shape index (κ2) is 5.92. The Morgan fingerprint density at radius 1 is 0.923 bits per heavy atom. The van der Waals surface area contributed by atoms with E-state index in [2.05, 4.69) is 10.3 Å². The molecule has 0 saturated carbocycles. The van der Waals surface area contributed by atoms with Gasteiger partial charge in [0.1, 0.15) is 0 Å². The van der Waals surface area contributed by atoms with Crippen molar-refractivity contribution in [1.82, 2.24) is 0 Å². The number of anilines is 2. The van der Waals surface area contributed by atoms with Gasteiger partial charge in [0.05, 0.1) is 11.4 Å². The number of benzene rings is 2. The van der Waals surface area contributed by atoms with Crippen LogP contribution in [0.5, 0.6) is 0 Å². The number of carbonyl (C=O) groups excluding carboxylic acids is 2. The molecular formula is C19H17ClN4O2. The largest absolute Gasteiger partial charge is 0.271 e. The third kappa shape index (κ3) is 2.49. The lowest BCUT2D eigenvalue weighted by atomic mass is 10.1. The number of carbonyl (C=O) groups is 2. The van der Waals surface area contributed by atoms with Gasteiger partial charge in [-0.1, -0.05) is 29.0 Å². The van der Waals surface area contributed by atoms with Crippen LogP contribution >= 0.6 is 11.6 Å². The van der Waals surface area contributed by atoms with E-state index >= 15 is 0 Å². The molecule has 1 fully saturated rings. The second-order valence-corrected chi connectivity index (χ2v) is 7.14. The van der Waals surface area contributed by atoms with E-state index in [4.69, 9.17) is 11.6 Å². The Morgan fingerprint density at radius 2 is 1.62 bits per heavy atom. The monoisotopic (exact) mass is 368 g/mol. The van der Waals surface area contributed by atoms with Gasteiger partial charge >= 0.3 is 0 Å². The fourth-order valence-corrected chi connectivity index (χ4v) is 3.61. The zero-order valence-corrected chi connectivity index (χ0v) is 15.4. The Balaban J connectivity index is 1.72. The predicted molar refractivity (Wildman–Crippen MR) is 99.5 cm³/mol. The Labute approximate surface area is 156 Å². The van der Waals surface area contributed by atoms with Crippen molar-refractivity contribution in [2.24, 2.45) is 10.3 Å². The summed E-state index contributed by atoms with van der Waals surface area (Å²) in [6, 6.07) is 9.45. The van der Waals surface area contributed by atoms with Crippen LogP contribution in [0.2, 0.25) is 5.02 Å². The zero-order valence-electron chi connectivity index (χ0n) is 14.6. The lowest BCUT2D eigenvalue weighted by molar-refractivity contribution is -0.121. The molecule has 0 bridgehead atoms. The van der Waals surface area contributed by atoms with Gasteiger partial charge in [-0.15, -0.1) is 0 Å². The molecule has 0 N–H and O–H groups in total. The fraction of sp³-hybridized carbons (Fsp3) is 0.263. The minimum Gasteiger partial charge on any atom is -0.271 e. The fourth-order valence-electron chi connectivity index (χ4n) is 3.43. The van der Waals surface area contributed by atoms with E-state index in [0.717, 1.165) is 16.7 Å². The number of nitrogens with zero attached hydrogens (tertiary/aromatic N) is 4. The summed E-state index contributed by atoms with van der Waals surface area (Å²) < 4.78 is 0. The van der Waals surface area contributed by atoms with Crippen LogP contribution in [0, 0.1) is 20.8 Å². The molecule has 26 heavy (non-hydrogen) atoms. The smallest absolute Gasteiger partial charge is 0.263 e. The second-order valence-electron chi connectivity index (χ2n) is 6.73. The highest BCUT2D eigenvalue weighted by Gasteiger charge is 2.55. The van der Waals surface area contributed by atoms with E-state index in [1.54, 1.807) is 6.07 Å². The Bertz CT molecular complexity index is 952. The molecule has 0 spiro atoms. The number of rotatable bonds is 2. The van der Waals surface area contributed by atoms with Gasteiger partial charge in [0.25, 0.3) is 11.8 Å². The SMILES string of the molecule is Cc1cc(C)cc(N2C(=O)[C@H]3N=NN(c4ccc(C)c(Cl)c4)[C@@H]3C2=O)c1. The van der Waals surface area contributed by atoms with E-state index in [-0.39, 0.29) is 11.8 Å². The molecule has 2 atom stereocenters. The number of hydrogen-bond acceptors (Lipinski definition) is 5. The Hall–Kier alpha value is -2.73. The molecule has 132 valence electrons. The third-order valence-electron chi connectivity index (χ3n) is 4.67. The first kappa shape index (κ1) is 16.7. The predicted octanol–water partition coefficient (Wildman–Crippen LogP) is 3.76. The van der Waals surface area contributed by atoms with Crippen LogP contribution in [0.25, 0.3) is 0 Å². The minimum absolute atomic E-state index is 0.327. The molecule has 2 heterocycles. The lowest BCUT2D eigenvalue weighted by Gasteiger charge is -2.21. The van der Waals surface area contributed by atoms with E-state index in [1.165, 1.54) is 9.91 Å². The standard InChI is InChI=1S/C19H17ClN4O2/c1-10-6-11(2)8-14(7-10)23-18(25)16-17(19(23)26)24(22-21-16)13-5-4-12(3)15(20)9-13/h4-9,16-17H,1-3H3/t16-,17-/m0/s1. The van der Waals surface area contributed by atoms with E-state index in [1.807, 2.05) is 51.1 Å². The first-order chi connectivity index (χ1) is 12.4. The summed E-state index contributed by atoms with van der Waals surface area (Å²) in [4.78, 5) is 27.1. The van der Waals surface area contributed by atoms with Crippen molar-refractivity contribution in [3.05, 3.63) is 58.1 Å². The van der Waals surface area contributed by atoms with E-state index in [0.29, 0.717) is 16.4 Å². The van der Waals surface area contributed by atoms with Crippen molar-refractivity contribution >= 4 is 34.8 Å². The van der Waals surface area contributed by atoms with Crippen molar-refractivity contribution < 1.29 is 9.59 Å². The molecule has 0 radical (unpaired) electrons. The van der Waals surface area contributed by atoms with E-state index in [9.17, 15) is 9.59 Å². The topological polar surface area (TPSA) is 65.3 Å². The Morgan fingerprint density at radius 3 is 2.27 bits per heavy atom. The average molecular weight is 369 g/mol. The maximum Gasteiger partial charge on any atom is 0.263 e. The number of halogens is 1. The number of fused-ring (bicyclic) bond motifs is 1. The van der Waals surface area contributed by atoms with Crippen molar-refractivity contribution in [3.8, 4) is 0 Å². The van der Waals surface area contributed by atoms with Gasteiger partial charge in [0, 0.05) is 5.02 Å². The minimum atomic E-state index is -0.830. The first-order valence-corrected chi connectivity index (χ1v) is 8.67. The highest BCUT2D eigenvalue weighted by Crippen LogP contribution is 2.36. The molecule has 2 amide bonds. The highest BCUT2D eigenvalue weighted by atomic mass is 35.5. The van der Waals surface area contributed by atoms with Gasteiger partial charge in [-0.3, -0.25) is 9.59 Å². The first-order valence-electron chi connectivity index (χ1n) is 8.29. The molecule has 0 aliphatic carbocycles. The Kier molecular flexibility index (Phi) is 3.80. The number of amides is 2. The van der Waals surface area contributed by atoms with Crippen LogP contribution in [0.1, 0.15) is 16.7 Å². The summed E-state index contributed by atoms with van der Waals surface area (Å²) in [5.74, 6) is -0.679. The average Bonchev–Trinajstić information content (AvgIpc) is 3.10. The normalized spacial score (nSPS) is 21.7. The van der Waals surface area contributed by atoms with Crippen molar-refractivity contribution in [2.45, 2.75) is 32.9 Å². The van der Waals surface area contributed by atoms with Crippen LogP contribution in [-0.4, -0.2) is 23.9 Å². The van der Waals surface area contributed by atoms with Crippen molar-refractivity contribution in [1.29, 1.82) is 0 Å². The molecule has 2 aromatic carbocycles. The summed E-state index contributed by atoms with van der Waals surface area (Å²) in [5.41, 5.74) is 4.11. The van der Waals surface area contributed by atoms with Gasteiger partial charge in [0.2, 0.25) is 0 Å². The van der Waals surface area contributed by atoms with Crippen LogP contribution in [-0.2, 0) is 9.59 Å². The zero-order chi connectivity index (χ0) is 18.6. The maximum atomic E-state index is 13.1. The molecular weight excluding hydrogens is 352 g/mol. The molecule has 0 unspecified atom stereocenters. The molecule has 2 aromatic rings. The van der Waals surface area contributed by atoms with Gasteiger partial charge in [-0.25, -0.2) is 9.91 Å².